The fourth-order valence-electron chi connectivity index (χ4n) is 1.74. The van der Waals surface area contributed by atoms with E-state index in [2.05, 4.69) is 12.2 Å². The summed E-state index contributed by atoms with van der Waals surface area (Å²) in [7, 11) is 0. The van der Waals surface area contributed by atoms with Crippen molar-refractivity contribution in [3.05, 3.63) is 33.9 Å². The Morgan fingerprint density at radius 1 is 1.40 bits per heavy atom. The van der Waals surface area contributed by atoms with Gasteiger partial charge in [-0.15, -0.1) is 0 Å². The first-order valence-electron chi connectivity index (χ1n) is 6.90. The van der Waals surface area contributed by atoms with Gasteiger partial charge in [-0.3, -0.25) is 10.1 Å². The van der Waals surface area contributed by atoms with Crippen LogP contribution in [0.4, 0.5) is 5.69 Å². The average Bonchev–Trinajstić information content (AvgIpc) is 2.44. The molecule has 6 heteroatoms. The zero-order valence-electron chi connectivity index (χ0n) is 11.8. The minimum atomic E-state index is -0.440. The second-order valence-electron chi connectivity index (χ2n) is 4.52. The molecule has 6 nitrogen and oxygen atoms in total. The van der Waals surface area contributed by atoms with Gasteiger partial charge in [0.15, 0.2) is 5.75 Å². The molecule has 0 fully saturated rings. The quantitative estimate of drug-likeness (QED) is 0.390. The number of rotatable bonds is 10. The van der Waals surface area contributed by atoms with Gasteiger partial charge in [-0.1, -0.05) is 13.0 Å². The summed E-state index contributed by atoms with van der Waals surface area (Å²) in [4.78, 5) is 10.5. The molecular weight excluding hydrogens is 260 g/mol. The third kappa shape index (κ3) is 5.54. The molecule has 0 atom stereocenters. The van der Waals surface area contributed by atoms with Crippen LogP contribution in [-0.2, 0) is 6.54 Å². The van der Waals surface area contributed by atoms with Crippen LogP contribution in [0, 0.1) is 10.1 Å². The molecule has 0 aliphatic carbocycles. The van der Waals surface area contributed by atoms with Crippen LogP contribution in [-0.4, -0.2) is 29.8 Å². The smallest absolute Gasteiger partial charge is 0.310 e. The third-order valence-corrected chi connectivity index (χ3v) is 2.79. The Bertz CT molecular complexity index is 424. The Hall–Kier alpha value is -1.66. The predicted molar refractivity (Wildman–Crippen MR) is 76.9 cm³/mol. The summed E-state index contributed by atoms with van der Waals surface area (Å²) < 4.78 is 5.47. The van der Waals surface area contributed by atoms with Gasteiger partial charge < -0.3 is 15.2 Å². The topological polar surface area (TPSA) is 84.6 Å². The lowest BCUT2D eigenvalue weighted by molar-refractivity contribution is -0.385. The van der Waals surface area contributed by atoms with Crippen LogP contribution in [0.3, 0.4) is 0 Å². The molecule has 0 aliphatic heterocycles. The highest BCUT2D eigenvalue weighted by atomic mass is 16.6. The van der Waals surface area contributed by atoms with Crippen molar-refractivity contribution in [3.63, 3.8) is 0 Å². The van der Waals surface area contributed by atoms with E-state index in [1.54, 1.807) is 12.1 Å². The van der Waals surface area contributed by atoms with E-state index in [1.807, 2.05) is 0 Å². The summed E-state index contributed by atoms with van der Waals surface area (Å²) in [6, 6.07) is 4.92. The van der Waals surface area contributed by atoms with Gasteiger partial charge in [0.25, 0.3) is 0 Å². The molecule has 0 saturated heterocycles. The lowest BCUT2D eigenvalue weighted by atomic mass is 10.2. The highest BCUT2D eigenvalue weighted by Gasteiger charge is 2.15. The maximum atomic E-state index is 11.0. The van der Waals surface area contributed by atoms with E-state index in [1.165, 1.54) is 6.07 Å². The summed E-state index contributed by atoms with van der Waals surface area (Å²) in [5, 5.41) is 22.9. The molecule has 0 amide bonds. The van der Waals surface area contributed by atoms with E-state index in [9.17, 15) is 10.1 Å². The van der Waals surface area contributed by atoms with Gasteiger partial charge in [0.1, 0.15) is 0 Å². The lowest BCUT2D eigenvalue weighted by Crippen LogP contribution is -2.14. The number of aliphatic hydroxyl groups excluding tert-OH is 1. The molecular formula is C14H22N2O4. The molecule has 0 saturated carbocycles. The number of hydrogen-bond acceptors (Lipinski definition) is 5. The summed E-state index contributed by atoms with van der Waals surface area (Å²) >= 11 is 0. The first-order valence-corrected chi connectivity index (χ1v) is 6.90. The Balaban J connectivity index is 2.69. The van der Waals surface area contributed by atoms with Crippen LogP contribution < -0.4 is 10.1 Å². The first kappa shape index (κ1) is 16.4. The normalized spacial score (nSPS) is 10.5. The van der Waals surface area contributed by atoms with Crippen LogP contribution in [0.2, 0.25) is 0 Å². The van der Waals surface area contributed by atoms with Gasteiger partial charge in [0.2, 0.25) is 0 Å². The fraction of sp³-hybridized carbons (Fsp3) is 0.571. The van der Waals surface area contributed by atoms with Crippen molar-refractivity contribution in [1.29, 1.82) is 0 Å². The Kier molecular flexibility index (Phi) is 7.60. The molecule has 1 rings (SSSR count). The van der Waals surface area contributed by atoms with E-state index in [4.69, 9.17) is 9.84 Å². The van der Waals surface area contributed by atoms with E-state index in [0.717, 1.165) is 18.5 Å². The molecule has 0 bridgehead atoms. The van der Waals surface area contributed by atoms with Crippen molar-refractivity contribution in [2.75, 3.05) is 19.8 Å². The predicted octanol–water partition coefficient (Wildman–Crippen LogP) is 2.25. The number of hydrogen-bond donors (Lipinski definition) is 2. The van der Waals surface area contributed by atoms with E-state index in [-0.39, 0.29) is 12.3 Å². The van der Waals surface area contributed by atoms with Crippen LogP contribution in [0.25, 0.3) is 0 Å². The molecule has 112 valence electrons. The van der Waals surface area contributed by atoms with Crippen molar-refractivity contribution >= 4 is 5.69 Å². The van der Waals surface area contributed by atoms with Crippen LogP contribution in [0.5, 0.6) is 5.75 Å². The van der Waals surface area contributed by atoms with Crippen molar-refractivity contribution in [1.82, 2.24) is 5.32 Å². The molecule has 1 aromatic carbocycles. The van der Waals surface area contributed by atoms with Crippen molar-refractivity contribution in [3.8, 4) is 5.75 Å². The Labute approximate surface area is 118 Å². The maximum absolute atomic E-state index is 11.0. The fourth-order valence-corrected chi connectivity index (χ4v) is 1.74. The minimum absolute atomic E-state index is 0.0201. The number of unbranched alkanes of at least 4 members (excludes halogenated alkanes) is 1. The van der Waals surface area contributed by atoms with Gasteiger partial charge in [-0.25, -0.2) is 0 Å². The second-order valence-corrected chi connectivity index (χ2v) is 4.52. The molecule has 0 aliphatic rings. The largest absolute Gasteiger partial charge is 0.487 e. The van der Waals surface area contributed by atoms with E-state index >= 15 is 0 Å². The van der Waals surface area contributed by atoms with Crippen molar-refractivity contribution < 1.29 is 14.8 Å². The highest BCUT2D eigenvalue weighted by molar-refractivity contribution is 5.48. The summed E-state index contributed by atoms with van der Waals surface area (Å²) in [5.74, 6) is 0.295. The van der Waals surface area contributed by atoms with Crippen molar-refractivity contribution in [2.45, 2.75) is 32.7 Å². The number of aliphatic hydroxyl groups is 1. The maximum Gasteiger partial charge on any atom is 0.310 e. The number of nitrogens with zero attached hydrogens (tertiary/aromatic N) is 1. The first-order chi connectivity index (χ1) is 9.69. The molecule has 1 aromatic rings. The van der Waals surface area contributed by atoms with Gasteiger partial charge in [0, 0.05) is 19.2 Å². The molecule has 0 heterocycles. The minimum Gasteiger partial charge on any atom is -0.487 e. The Morgan fingerprint density at radius 3 is 2.85 bits per heavy atom. The molecule has 0 unspecified atom stereocenters. The van der Waals surface area contributed by atoms with Gasteiger partial charge in [-0.2, -0.15) is 0 Å². The lowest BCUT2D eigenvalue weighted by Gasteiger charge is -2.09. The highest BCUT2D eigenvalue weighted by Crippen LogP contribution is 2.28. The SMILES string of the molecule is CCCNCc1ccc([N+](=O)[O-])c(OCCCCO)c1. The molecule has 0 spiro atoms. The number of nitro benzene ring substituents is 1. The monoisotopic (exact) mass is 282 g/mol. The number of ether oxygens (including phenoxy) is 1. The van der Waals surface area contributed by atoms with Crippen LogP contribution in [0.15, 0.2) is 18.2 Å². The number of benzene rings is 1. The average molecular weight is 282 g/mol. The molecule has 0 radical (unpaired) electrons. The van der Waals surface area contributed by atoms with Gasteiger partial charge in [0.05, 0.1) is 11.5 Å². The number of nitro groups is 1. The van der Waals surface area contributed by atoms with Crippen molar-refractivity contribution in [2.24, 2.45) is 0 Å². The zero-order valence-corrected chi connectivity index (χ0v) is 11.8. The van der Waals surface area contributed by atoms with Crippen LogP contribution in [0.1, 0.15) is 31.7 Å². The van der Waals surface area contributed by atoms with E-state index < -0.39 is 4.92 Å². The van der Waals surface area contributed by atoms with Gasteiger partial charge in [-0.05, 0) is 37.4 Å². The second kappa shape index (κ2) is 9.28. The zero-order chi connectivity index (χ0) is 14.8. The summed E-state index contributed by atoms with van der Waals surface area (Å²) in [6.07, 6.45) is 2.34. The van der Waals surface area contributed by atoms with Crippen LogP contribution >= 0.6 is 0 Å². The van der Waals surface area contributed by atoms with Gasteiger partial charge >= 0.3 is 5.69 Å². The third-order valence-electron chi connectivity index (χ3n) is 2.79. The standard InChI is InChI=1S/C14H22N2O4/c1-2-7-15-11-12-5-6-13(16(18)19)14(10-12)20-9-4-3-8-17/h5-6,10,15,17H,2-4,7-9,11H2,1H3. The summed E-state index contributed by atoms with van der Waals surface area (Å²) in [6.45, 7) is 4.13. The van der Waals surface area contributed by atoms with E-state index in [0.29, 0.717) is 31.7 Å². The molecule has 0 aromatic heterocycles. The molecule has 2 N–H and O–H groups in total. The number of nitrogens with one attached hydrogen (secondary N) is 1. The Morgan fingerprint density at radius 2 is 2.20 bits per heavy atom. The summed E-state index contributed by atoms with van der Waals surface area (Å²) in [5.41, 5.74) is 0.939. The molecule has 20 heavy (non-hydrogen) atoms.